The maximum atomic E-state index is 2.13. The first-order valence-corrected chi connectivity index (χ1v) is 7.38. The average Bonchev–Trinajstić information content (AvgIpc) is 2.75. The Morgan fingerprint density at radius 1 is 0.929 bits per heavy atom. The Hall–Kier alpha value is 0.269. The van der Waals surface area contributed by atoms with Crippen molar-refractivity contribution in [2.75, 3.05) is 0 Å². The third-order valence-electron chi connectivity index (χ3n) is 1.52. The molecule has 80 valence electrons. The molecule has 14 heavy (non-hydrogen) atoms. The van der Waals surface area contributed by atoms with Crippen LogP contribution in [0.1, 0.15) is 0 Å². The van der Waals surface area contributed by atoms with E-state index in [0.29, 0.717) is 0 Å². The summed E-state index contributed by atoms with van der Waals surface area (Å²) in [5, 5.41) is 0. The largest absolute Gasteiger partial charge is 0.747 e. The first-order chi connectivity index (χ1) is 6.45. The van der Waals surface area contributed by atoms with Gasteiger partial charge in [-0.05, 0) is 0 Å². The first kappa shape index (κ1) is 12.3. The fraction of sp³-hybridized carbons (Fsp3) is 0. The molecule has 0 nitrogen and oxygen atoms in total. The Morgan fingerprint density at radius 2 is 1.57 bits per heavy atom. The molecule has 0 saturated heterocycles. The summed E-state index contributed by atoms with van der Waals surface area (Å²) >= 11 is 0. The van der Waals surface area contributed by atoms with Gasteiger partial charge in [0.25, 0.3) is 0 Å². The zero-order valence-electron chi connectivity index (χ0n) is 7.20. The zero-order chi connectivity index (χ0) is 8.93. The smallest absolute Gasteiger partial charge is 0 e. The van der Waals surface area contributed by atoms with Crippen molar-refractivity contribution < 1.29 is 17.1 Å². The van der Waals surface area contributed by atoms with Crippen molar-refractivity contribution in [3.8, 4) is 0 Å². The van der Waals surface area contributed by atoms with Gasteiger partial charge in [0.2, 0.25) is 0 Å². The van der Waals surface area contributed by atoms with E-state index < -0.39 is 0 Å². The Bertz CT molecular complexity index is 292. The summed E-state index contributed by atoms with van der Waals surface area (Å²) in [4.78, 5) is 2.65. The molecular weight excluding hydrogens is 272 g/mol. The molecule has 0 radical (unpaired) electrons. The topological polar surface area (TPSA) is 0 Å². The standard InChI is InChI=1S/C10H8S3.Fe/c1-2-6-9(5-1)11-13-12-10-7-3-4-8-10;/h1-8H;/q-6;. The molecule has 0 fully saturated rings. The summed E-state index contributed by atoms with van der Waals surface area (Å²) in [6.45, 7) is 0. The van der Waals surface area contributed by atoms with Crippen molar-refractivity contribution in [2.24, 2.45) is 0 Å². The monoisotopic (exact) mass is 280 g/mol. The molecule has 0 aliphatic rings. The van der Waals surface area contributed by atoms with E-state index in [2.05, 4.69) is 48.5 Å². The van der Waals surface area contributed by atoms with Gasteiger partial charge in [-0.25, -0.2) is 12.1 Å². The maximum Gasteiger partial charge on any atom is 0 e. The van der Waals surface area contributed by atoms with Gasteiger partial charge < -0.3 is 40.0 Å². The summed E-state index contributed by atoms with van der Waals surface area (Å²) < 4.78 is 0. The minimum atomic E-state index is 0. The molecule has 0 heterocycles. The second-order valence-corrected chi connectivity index (χ2v) is 6.52. The van der Waals surface area contributed by atoms with Crippen molar-refractivity contribution >= 4 is 31.4 Å². The molecule has 0 aliphatic carbocycles. The summed E-state index contributed by atoms with van der Waals surface area (Å²) in [5.74, 6) is 0. The van der Waals surface area contributed by atoms with Crippen LogP contribution >= 0.6 is 31.4 Å². The summed E-state index contributed by atoms with van der Waals surface area (Å²) in [6, 6.07) is 16.8. The van der Waals surface area contributed by atoms with Crippen molar-refractivity contribution in [3.05, 3.63) is 48.5 Å². The van der Waals surface area contributed by atoms with E-state index >= 15 is 0 Å². The summed E-state index contributed by atoms with van der Waals surface area (Å²) in [5.41, 5.74) is 0. The summed E-state index contributed by atoms with van der Waals surface area (Å²) in [6.07, 6.45) is 0. The van der Waals surface area contributed by atoms with Crippen LogP contribution in [0.15, 0.2) is 58.3 Å². The van der Waals surface area contributed by atoms with E-state index in [1.54, 1.807) is 31.4 Å². The molecular formula is C10H8FeS3-6. The predicted octanol–water partition coefficient (Wildman–Crippen LogP) is 4.57. The number of hydrogen-bond acceptors (Lipinski definition) is 3. The van der Waals surface area contributed by atoms with Gasteiger partial charge in [-0.1, -0.05) is 14.7 Å². The van der Waals surface area contributed by atoms with Crippen molar-refractivity contribution in [2.45, 2.75) is 9.79 Å². The van der Waals surface area contributed by atoms with Gasteiger partial charge in [0.15, 0.2) is 0 Å². The molecule has 0 aromatic heterocycles. The van der Waals surface area contributed by atoms with Gasteiger partial charge in [0, 0.05) is 17.1 Å². The minimum Gasteiger partial charge on any atom is -0.747 e. The Kier molecular flexibility index (Phi) is 5.90. The first-order valence-electron chi connectivity index (χ1n) is 3.90. The second-order valence-electron chi connectivity index (χ2n) is 2.48. The molecule has 0 saturated carbocycles. The van der Waals surface area contributed by atoms with Gasteiger partial charge in [-0.2, -0.15) is 12.1 Å². The van der Waals surface area contributed by atoms with Crippen molar-refractivity contribution in [3.63, 3.8) is 0 Å². The minimum absolute atomic E-state index is 0. The third-order valence-corrected chi connectivity index (χ3v) is 5.38. The Labute approximate surface area is 106 Å². The molecule has 2 aromatic rings. The van der Waals surface area contributed by atoms with Gasteiger partial charge in [0.1, 0.15) is 0 Å². The molecule has 0 aliphatic heterocycles. The van der Waals surface area contributed by atoms with Crippen molar-refractivity contribution in [1.82, 2.24) is 0 Å². The van der Waals surface area contributed by atoms with Gasteiger partial charge in [0.05, 0.1) is 0 Å². The van der Waals surface area contributed by atoms with E-state index in [4.69, 9.17) is 0 Å². The normalized spacial score (nSPS) is 9.71. The molecule has 0 amide bonds. The van der Waals surface area contributed by atoms with Gasteiger partial charge >= 0.3 is 0 Å². The van der Waals surface area contributed by atoms with Crippen LogP contribution in [0.2, 0.25) is 0 Å². The fourth-order valence-corrected chi connectivity index (χ4v) is 4.61. The molecule has 2 rings (SSSR count). The van der Waals surface area contributed by atoms with Gasteiger partial charge in [-0.3, -0.25) is 0 Å². The fourth-order valence-electron chi connectivity index (χ4n) is 0.919. The zero-order valence-corrected chi connectivity index (χ0v) is 10.8. The van der Waals surface area contributed by atoms with Crippen LogP contribution in [-0.4, -0.2) is 0 Å². The van der Waals surface area contributed by atoms with Crippen LogP contribution in [0.5, 0.6) is 0 Å². The van der Waals surface area contributed by atoms with Crippen LogP contribution in [0.25, 0.3) is 0 Å². The van der Waals surface area contributed by atoms with E-state index in [-0.39, 0.29) is 17.1 Å². The number of rotatable bonds is 4. The van der Waals surface area contributed by atoms with Crippen LogP contribution in [0.3, 0.4) is 0 Å². The molecule has 0 unspecified atom stereocenters. The van der Waals surface area contributed by atoms with Gasteiger partial charge in [-0.15, -0.1) is 10.8 Å². The molecule has 4 heteroatoms. The molecule has 0 N–H and O–H groups in total. The second kappa shape index (κ2) is 6.70. The molecule has 0 spiro atoms. The third kappa shape index (κ3) is 3.79. The van der Waals surface area contributed by atoms with E-state index in [1.165, 1.54) is 9.79 Å². The molecule has 0 bridgehead atoms. The quantitative estimate of drug-likeness (QED) is 0.457. The SMILES string of the molecule is [Fe].c1cc[c-](SSS[c-]2[cH-][cH-][cH-][cH-]2)c1. The Morgan fingerprint density at radius 3 is 2.21 bits per heavy atom. The van der Waals surface area contributed by atoms with Crippen LogP contribution in [-0.2, 0) is 17.1 Å². The van der Waals surface area contributed by atoms with Crippen LogP contribution < -0.4 is 0 Å². The van der Waals surface area contributed by atoms with E-state index in [0.717, 1.165) is 0 Å². The molecule has 2 aromatic carbocycles. The Balaban J connectivity index is 0.000000980. The summed E-state index contributed by atoms with van der Waals surface area (Å²) in [7, 11) is 5.41. The maximum absolute atomic E-state index is 2.13. The predicted molar refractivity (Wildman–Crippen MR) is 63.4 cm³/mol. The molecule has 0 atom stereocenters. The van der Waals surface area contributed by atoms with Crippen molar-refractivity contribution in [1.29, 1.82) is 0 Å². The van der Waals surface area contributed by atoms with Crippen LogP contribution in [0, 0.1) is 0 Å². The van der Waals surface area contributed by atoms with E-state index in [9.17, 15) is 0 Å². The van der Waals surface area contributed by atoms with Crippen LogP contribution in [0.4, 0.5) is 0 Å². The van der Waals surface area contributed by atoms with E-state index in [1.807, 2.05) is 0 Å². The average molecular weight is 280 g/mol. The number of hydrogen-bond donors (Lipinski definition) is 0.